The predicted octanol–water partition coefficient (Wildman–Crippen LogP) is 2.83. The smallest absolute Gasteiger partial charge is 0.240 e. The van der Waals surface area contributed by atoms with E-state index in [1.165, 1.54) is 0 Å². The number of fused-ring (bicyclic) bond motifs is 5. The van der Waals surface area contributed by atoms with Crippen LogP contribution < -0.4 is 5.32 Å². The van der Waals surface area contributed by atoms with E-state index in [1.54, 1.807) is 0 Å². The second kappa shape index (κ2) is 8.71. The summed E-state index contributed by atoms with van der Waals surface area (Å²) >= 11 is 0. The highest BCUT2D eigenvalue weighted by Gasteiger charge is 2.59. The molecule has 1 N–H and O–H groups in total. The number of hydrogen-bond donors (Lipinski definition) is 1. The van der Waals surface area contributed by atoms with Gasteiger partial charge in [-0.25, -0.2) is 0 Å². The summed E-state index contributed by atoms with van der Waals surface area (Å²) in [6.45, 7) is 1.22. The number of benzene rings is 2. The molecule has 1 heterocycles. The van der Waals surface area contributed by atoms with Gasteiger partial charge in [0.2, 0.25) is 17.7 Å². The third kappa shape index (κ3) is 3.98. The molecule has 6 heteroatoms. The number of carbonyl (C=O) groups is 3. The third-order valence-corrected chi connectivity index (χ3v) is 6.76. The molecule has 32 heavy (non-hydrogen) atoms. The number of likely N-dealkylation sites (tertiary alicyclic amines) is 1. The number of rotatable bonds is 8. The standard InChI is InChI=1S/C26H26N2O4/c29-22(14-28-25(30)23-20-10-11-21(12-20)24(23)26(28)31)27-13-17-6-8-19(9-7-17)16-32-15-18-4-2-1-3-5-18/h1-11,20-21,23-24H,12-16H2,(H,27,29). The molecule has 4 unspecified atom stereocenters. The van der Waals surface area contributed by atoms with Crippen molar-refractivity contribution in [2.24, 2.45) is 23.7 Å². The minimum Gasteiger partial charge on any atom is -0.372 e. The molecule has 2 aromatic rings. The zero-order chi connectivity index (χ0) is 22.1. The van der Waals surface area contributed by atoms with Gasteiger partial charge in [0.15, 0.2) is 0 Å². The Morgan fingerprint density at radius 2 is 1.41 bits per heavy atom. The Morgan fingerprint density at radius 3 is 2.03 bits per heavy atom. The van der Waals surface area contributed by atoms with Gasteiger partial charge in [-0.15, -0.1) is 0 Å². The van der Waals surface area contributed by atoms with E-state index in [2.05, 4.69) is 17.5 Å². The van der Waals surface area contributed by atoms with Gasteiger partial charge in [0, 0.05) is 6.54 Å². The lowest BCUT2D eigenvalue weighted by Gasteiger charge is -2.16. The first-order valence-corrected chi connectivity index (χ1v) is 11.1. The highest BCUT2D eigenvalue weighted by molar-refractivity contribution is 6.08. The van der Waals surface area contributed by atoms with Crippen molar-refractivity contribution in [3.8, 4) is 0 Å². The van der Waals surface area contributed by atoms with Crippen LogP contribution in [-0.2, 0) is 38.9 Å². The van der Waals surface area contributed by atoms with Crippen LogP contribution in [0.2, 0.25) is 0 Å². The fourth-order valence-electron chi connectivity index (χ4n) is 5.13. The summed E-state index contributed by atoms with van der Waals surface area (Å²) in [7, 11) is 0. The molecule has 2 fully saturated rings. The molecule has 2 aromatic carbocycles. The summed E-state index contributed by atoms with van der Waals surface area (Å²) < 4.78 is 5.75. The molecule has 0 radical (unpaired) electrons. The Balaban J connectivity index is 1.08. The number of nitrogens with zero attached hydrogens (tertiary/aromatic N) is 1. The molecule has 2 bridgehead atoms. The van der Waals surface area contributed by atoms with E-state index in [9.17, 15) is 14.4 Å². The monoisotopic (exact) mass is 430 g/mol. The SMILES string of the molecule is O=C(CN1C(=O)C2C3C=CC(C3)C2C1=O)NCc1ccc(COCc2ccccc2)cc1. The Bertz CT molecular complexity index is 1020. The molecule has 6 nitrogen and oxygen atoms in total. The third-order valence-electron chi connectivity index (χ3n) is 6.76. The van der Waals surface area contributed by atoms with Crippen LogP contribution in [0.1, 0.15) is 23.1 Å². The van der Waals surface area contributed by atoms with E-state index in [0.29, 0.717) is 19.8 Å². The fraction of sp³-hybridized carbons (Fsp3) is 0.346. The van der Waals surface area contributed by atoms with Crippen molar-refractivity contribution in [3.63, 3.8) is 0 Å². The lowest BCUT2D eigenvalue weighted by atomic mass is 9.85. The van der Waals surface area contributed by atoms with Crippen molar-refractivity contribution < 1.29 is 19.1 Å². The van der Waals surface area contributed by atoms with Crippen molar-refractivity contribution in [2.75, 3.05) is 6.54 Å². The Hall–Kier alpha value is -3.25. The molecule has 2 aliphatic carbocycles. The van der Waals surface area contributed by atoms with Crippen molar-refractivity contribution in [1.29, 1.82) is 0 Å². The summed E-state index contributed by atoms with van der Waals surface area (Å²) in [6.07, 6.45) is 4.99. The van der Waals surface area contributed by atoms with Crippen LogP contribution in [0.5, 0.6) is 0 Å². The first-order valence-electron chi connectivity index (χ1n) is 11.1. The quantitative estimate of drug-likeness (QED) is 0.516. The number of carbonyl (C=O) groups excluding carboxylic acids is 3. The molecule has 3 amide bonds. The topological polar surface area (TPSA) is 75.7 Å². The number of amides is 3. The van der Waals surface area contributed by atoms with E-state index < -0.39 is 0 Å². The second-order valence-electron chi connectivity index (χ2n) is 8.83. The maximum absolute atomic E-state index is 12.7. The van der Waals surface area contributed by atoms with Crippen LogP contribution in [-0.4, -0.2) is 29.2 Å². The van der Waals surface area contributed by atoms with E-state index in [4.69, 9.17) is 4.74 Å². The van der Waals surface area contributed by atoms with E-state index in [0.717, 1.165) is 28.0 Å². The van der Waals surface area contributed by atoms with Crippen LogP contribution in [0.4, 0.5) is 0 Å². The largest absolute Gasteiger partial charge is 0.372 e. The van der Waals surface area contributed by atoms with Crippen LogP contribution in [0, 0.1) is 23.7 Å². The van der Waals surface area contributed by atoms with Gasteiger partial charge in [-0.05, 0) is 34.9 Å². The molecule has 0 aromatic heterocycles. The molecule has 164 valence electrons. The zero-order valence-electron chi connectivity index (χ0n) is 17.8. The number of allylic oxidation sites excluding steroid dienone is 2. The van der Waals surface area contributed by atoms with Crippen molar-refractivity contribution in [1.82, 2.24) is 10.2 Å². The van der Waals surface area contributed by atoms with Gasteiger partial charge in [0.1, 0.15) is 6.54 Å². The highest BCUT2D eigenvalue weighted by Crippen LogP contribution is 2.52. The predicted molar refractivity (Wildman–Crippen MR) is 118 cm³/mol. The van der Waals surface area contributed by atoms with Gasteiger partial charge in [-0.2, -0.15) is 0 Å². The minimum atomic E-state index is -0.317. The molecule has 4 atom stereocenters. The maximum Gasteiger partial charge on any atom is 0.240 e. The highest BCUT2D eigenvalue weighted by atomic mass is 16.5. The molecule has 1 aliphatic heterocycles. The molecule has 1 saturated heterocycles. The average molecular weight is 431 g/mol. The molecular formula is C26H26N2O4. The van der Waals surface area contributed by atoms with Crippen molar-refractivity contribution in [3.05, 3.63) is 83.4 Å². The van der Waals surface area contributed by atoms with Crippen molar-refractivity contribution >= 4 is 17.7 Å². The molecule has 5 rings (SSSR count). The zero-order valence-corrected chi connectivity index (χ0v) is 17.8. The van der Waals surface area contributed by atoms with E-state index >= 15 is 0 Å². The molecule has 1 saturated carbocycles. The van der Waals surface area contributed by atoms with Gasteiger partial charge in [0.25, 0.3) is 0 Å². The fourth-order valence-corrected chi connectivity index (χ4v) is 5.13. The van der Waals surface area contributed by atoms with Gasteiger partial charge in [0.05, 0.1) is 25.0 Å². The van der Waals surface area contributed by atoms with E-state index in [1.807, 2.05) is 54.6 Å². The minimum absolute atomic E-state index is 0.157. The number of nitrogens with one attached hydrogen (secondary N) is 1. The molecule has 3 aliphatic rings. The maximum atomic E-state index is 12.7. The van der Waals surface area contributed by atoms with Gasteiger partial charge >= 0.3 is 0 Å². The summed E-state index contributed by atoms with van der Waals surface area (Å²) in [6, 6.07) is 17.9. The molecular weight excluding hydrogens is 404 g/mol. The van der Waals surface area contributed by atoms with Crippen LogP contribution in [0.15, 0.2) is 66.7 Å². The average Bonchev–Trinajstić information content (AvgIpc) is 3.50. The van der Waals surface area contributed by atoms with E-state index in [-0.39, 0.29) is 47.9 Å². The Kier molecular flexibility index (Phi) is 5.62. The summed E-state index contributed by atoms with van der Waals surface area (Å²) in [5.41, 5.74) is 3.14. The van der Waals surface area contributed by atoms with Crippen LogP contribution in [0.3, 0.4) is 0 Å². The first-order chi connectivity index (χ1) is 15.6. The van der Waals surface area contributed by atoms with Gasteiger partial charge < -0.3 is 10.1 Å². The number of ether oxygens (including phenoxy) is 1. The number of hydrogen-bond acceptors (Lipinski definition) is 4. The first kappa shape index (κ1) is 20.6. The van der Waals surface area contributed by atoms with Crippen LogP contribution in [0.25, 0.3) is 0 Å². The van der Waals surface area contributed by atoms with Crippen molar-refractivity contribution in [2.45, 2.75) is 26.2 Å². The summed E-state index contributed by atoms with van der Waals surface area (Å²) in [5, 5.41) is 2.82. The summed E-state index contributed by atoms with van der Waals surface area (Å²) in [5.74, 6) is -0.903. The number of imide groups is 1. The summed E-state index contributed by atoms with van der Waals surface area (Å²) in [4.78, 5) is 39.0. The molecule has 0 spiro atoms. The van der Waals surface area contributed by atoms with Crippen LogP contribution >= 0.6 is 0 Å². The van der Waals surface area contributed by atoms with Gasteiger partial charge in [-0.1, -0.05) is 66.7 Å². The van der Waals surface area contributed by atoms with Gasteiger partial charge in [-0.3, -0.25) is 19.3 Å². The normalized spacial score (nSPS) is 25.4. The lowest BCUT2D eigenvalue weighted by molar-refractivity contribution is -0.144. The Labute approximate surface area is 187 Å². The Morgan fingerprint density at radius 1 is 0.844 bits per heavy atom. The second-order valence-corrected chi connectivity index (χ2v) is 8.83. The lowest BCUT2D eigenvalue weighted by Crippen LogP contribution is -2.41.